The Morgan fingerprint density at radius 3 is 2.28 bits per heavy atom. The second-order valence-corrected chi connectivity index (χ2v) is 5.75. The highest BCUT2D eigenvalue weighted by Crippen LogP contribution is 2.57. The molecule has 0 radical (unpaired) electrons. The summed E-state index contributed by atoms with van der Waals surface area (Å²) in [6.45, 7) is 0. The van der Waals surface area contributed by atoms with Crippen LogP contribution in [0.4, 0.5) is 0 Å². The summed E-state index contributed by atoms with van der Waals surface area (Å²) in [6.07, 6.45) is 0. The molecule has 0 aliphatic rings. The van der Waals surface area contributed by atoms with Crippen LogP contribution in [0.5, 0.6) is 5.75 Å². The smallest absolute Gasteiger partial charge is 0.360 e. The maximum absolute atomic E-state index is 11.2. The standard InChI is InChI=1S/C8H8ClNO7S/c9-18(15,16)5-2-3(7(12)13)1-4(6(5)11)8(14)17-10/h1-2,11,15-16H,10H2,(H,12,13). The molecule has 6 N–H and O–H groups in total. The van der Waals surface area contributed by atoms with Crippen LogP contribution in [0.25, 0.3) is 0 Å². The molecule has 1 aromatic rings. The lowest BCUT2D eigenvalue weighted by Crippen LogP contribution is -2.12. The fourth-order valence-electron chi connectivity index (χ4n) is 1.15. The Hall–Kier alpha value is -1.52. The number of carbonyl (C=O) groups is 2. The van der Waals surface area contributed by atoms with Crippen molar-refractivity contribution >= 4 is 32.4 Å². The van der Waals surface area contributed by atoms with Crippen molar-refractivity contribution in [1.29, 1.82) is 0 Å². The number of phenolic OH excluding ortho intramolecular Hbond substituents is 1. The molecule has 100 valence electrons. The first-order valence-electron chi connectivity index (χ1n) is 4.17. The summed E-state index contributed by atoms with van der Waals surface area (Å²) in [5.41, 5.74) is -1.14. The van der Waals surface area contributed by atoms with Gasteiger partial charge in [-0.2, -0.15) is 5.90 Å². The molecule has 0 aliphatic heterocycles. The minimum absolute atomic E-state index is 0.496. The van der Waals surface area contributed by atoms with Gasteiger partial charge < -0.3 is 15.1 Å². The minimum Gasteiger partial charge on any atom is -0.505 e. The van der Waals surface area contributed by atoms with Gasteiger partial charge in [0.25, 0.3) is 0 Å². The summed E-state index contributed by atoms with van der Waals surface area (Å²) < 4.78 is 18.4. The van der Waals surface area contributed by atoms with Crippen LogP contribution in [0.15, 0.2) is 17.0 Å². The fraction of sp³-hybridized carbons (Fsp3) is 0. The normalized spacial score (nSPS) is 12.0. The van der Waals surface area contributed by atoms with Gasteiger partial charge >= 0.3 is 11.9 Å². The summed E-state index contributed by atoms with van der Waals surface area (Å²) in [6, 6.07) is 1.49. The van der Waals surface area contributed by atoms with Gasteiger partial charge in [-0.3, -0.25) is 9.11 Å². The van der Waals surface area contributed by atoms with Crippen LogP contribution in [0.2, 0.25) is 0 Å². The largest absolute Gasteiger partial charge is 0.505 e. The molecule has 0 amide bonds. The Balaban J connectivity index is 3.58. The number of carbonyl (C=O) groups excluding carboxylic acids is 1. The van der Waals surface area contributed by atoms with Gasteiger partial charge in [0, 0.05) is 10.7 Å². The number of nitrogens with two attached hydrogens (primary N) is 1. The molecule has 0 aromatic heterocycles. The van der Waals surface area contributed by atoms with E-state index < -0.39 is 43.5 Å². The zero-order valence-corrected chi connectivity index (χ0v) is 10.1. The number of carboxylic acid groups (broad SMARTS) is 1. The van der Waals surface area contributed by atoms with Crippen molar-refractivity contribution in [3.8, 4) is 5.75 Å². The van der Waals surface area contributed by atoms with Crippen LogP contribution < -0.4 is 5.90 Å². The number of halogens is 1. The summed E-state index contributed by atoms with van der Waals surface area (Å²) in [7, 11) is 1.28. The number of rotatable bonds is 3. The number of aromatic hydroxyl groups is 1. The van der Waals surface area contributed by atoms with E-state index in [0.29, 0.717) is 0 Å². The molecule has 0 atom stereocenters. The summed E-state index contributed by atoms with van der Waals surface area (Å²) in [4.78, 5) is 25.1. The average molecular weight is 298 g/mol. The molecular weight excluding hydrogens is 290 g/mol. The van der Waals surface area contributed by atoms with E-state index in [9.17, 15) is 23.8 Å². The molecule has 0 heterocycles. The molecule has 18 heavy (non-hydrogen) atoms. The number of aromatic carboxylic acids is 1. The van der Waals surface area contributed by atoms with E-state index in [1.54, 1.807) is 0 Å². The Kier molecular flexibility index (Phi) is 4.04. The van der Waals surface area contributed by atoms with E-state index in [1.807, 2.05) is 0 Å². The predicted octanol–water partition coefficient (Wildman–Crippen LogP) is 1.38. The number of hydrogen-bond acceptors (Lipinski definition) is 7. The van der Waals surface area contributed by atoms with Gasteiger partial charge in [-0.1, -0.05) is 9.80 Å². The van der Waals surface area contributed by atoms with Crippen molar-refractivity contribution in [3.63, 3.8) is 0 Å². The van der Waals surface area contributed by atoms with Crippen LogP contribution in [0.3, 0.4) is 0 Å². The third kappa shape index (κ3) is 2.83. The zero-order valence-electron chi connectivity index (χ0n) is 8.53. The Labute approximate surface area is 106 Å². The predicted molar refractivity (Wildman–Crippen MR) is 61.6 cm³/mol. The van der Waals surface area contributed by atoms with Crippen LogP contribution in [0.1, 0.15) is 20.7 Å². The first-order valence-corrected chi connectivity index (χ1v) is 6.55. The van der Waals surface area contributed by atoms with E-state index in [1.165, 1.54) is 0 Å². The lowest BCUT2D eigenvalue weighted by molar-refractivity contribution is 0.0499. The molecule has 0 aliphatic carbocycles. The van der Waals surface area contributed by atoms with Crippen LogP contribution in [0, 0.1) is 0 Å². The number of phenols is 1. The first kappa shape index (κ1) is 14.5. The molecule has 0 spiro atoms. The molecule has 0 fully saturated rings. The van der Waals surface area contributed by atoms with Gasteiger partial charge in [0.15, 0.2) is 5.75 Å². The SMILES string of the molecule is NOC(=O)c1cc(C(=O)O)cc(S(O)(O)Cl)c1O. The van der Waals surface area contributed by atoms with E-state index in [0.717, 1.165) is 12.1 Å². The van der Waals surface area contributed by atoms with Crippen LogP contribution >= 0.6 is 20.5 Å². The minimum atomic E-state index is -3.94. The third-order valence-corrected chi connectivity index (χ3v) is 3.30. The molecule has 1 rings (SSSR count). The van der Waals surface area contributed by atoms with E-state index in [4.69, 9.17) is 15.8 Å². The molecular formula is C8H8ClNO7S. The Bertz CT molecular complexity index is 513. The van der Waals surface area contributed by atoms with Gasteiger partial charge in [-0.25, -0.2) is 9.59 Å². The quantitative estimate of drug-likeness (QED) is 0.525. The Morgan fingerprint density at radius 2 is 1.89 bits per heavy atom. The van der Waals surface area contributed by atoms with Crippen molar-refractivity contribution in [3.05, 3.63) is 23.3 Å². The molecule has 8 nitrogen and oxygen atoms in total. The van der Waals surface area contributed by atoms with Crippen LogP contribution in [-0.4, -0.2) is 31.3 Å². The van der Waals surface area contributed by atoms with Gasteiger partial charge in [0.1, 0.15) is 10.5 Å². The summed E-state index contributed by atoms with van der Waals surface area (Å²) in [5, 5.41) is 18.4. The van der Waals surface area contributed by atoms with Crippen molar-refractivity contribution in [2.45, 2.75) is 4.90 Å². The van der Waals surface area contributed by atoms with E-state index in [2.05, 4.69) is 10.7 Å². The number of carboxylic acids is 1. The second-order valence-electron chi connectivity index (χ2n) is 3.06. The van der Waals surface area contributed by atoms with E-state index in [-0.39, 0.29) is 0 Å². The number of hydrogen-bond donors (Lipinski definition) is 5. The monoisotopic (exact) mass is 297 g/mol. The molecule has 0 unspecified atom stereocenters. The molecule has 1 aromatic carbocycles. The molecule has 10 heteroatoms. The maximum Gasteiger partial charge on any atom is 0.360 e. The van der Waals surface area contributed by atoms with Gasteiger partial charge in [0.2, 0.25) is 0 Å². The lowest BCUT2D eigenvalue weighted by Gasteiger charge is -2.24. The third-order valence-electron chi connectivity index (χ3n) is 1.93. The highest BCUT2D eigenvalue weighted by Gasteiger charge is 2.26. The zero-order chi connectivity index (χ0) is 14.1. The summed E-state index contributed by atoms with van der Waals surface area (Å²) in [5.74, 6) is 0.965. The van der Waals surface area contributed by atoms with Gasteiger partial charge in [-0.05, 0) is 12.1 Å². The van der Waals surface area contributed by atoms with Crippen LogP contribution in [-0.2, 0) is 4.84 Å². The number of benzene rings is 1. The highest BCUT2D eigenvalue weighted by molar-refractivity contribution is 8.43. The van der Waals surface area contributed by atoms with Gasteiger partial charge in [-0.15, -0.1) is 0 Å². The van der Waals surface area contributed by atoms with Crippen molar-refractivity contribution in [1.82, 2.24) is 0 Å². The average Bonchev–Trinajstić information content (AvgIpc) is 2.26. The summed E-state index contributed by atoms with van der Waals surface area (Å²) >= 11 is 0. The second kappa shape index (κ2) is 5.00. The molecule has 0 saturated heterocycles. The molecule has 0 saturated carbocycles. The topological polar surface area (TPSA) is 150 Å². The Morgan fingerprint density at radius 1 is 1.33 bits per heavy atom. The first-order chi connectivity index (χ1) is 8.18. The molecule has 0 bridgehead atoms. The highest BCUT2D eigenvalue weighted by atomic mass is 35.7. The van der Waals surface area contributed by atoms with Crippen molar-refractivity contribution < 1.29 is 33.7 Å². The maximum atomic E-state index is 11.2. The van der Waals surface area contributed by atoms with Crippen molar-refractivity contribution in [2.75, 3.05) is 0 Å². The lowest BCUT2D eigenvalue weighted by atomic mass is 10.1. The van der Waals surface area contributed by atoms with Crippen molar-refractivity contribution in [2.24, 2.45) is 5.90 Å². The van der Waals surface area contributed by atoms with E-state index >= 15 is 0 Å². The van der Waals surface area contributed by atoms with Gasteiger partial charge in [0.05, 0.1) is 5.56 Å². The fourth-order valence-corrected chi connectivity index (χ4v) is 2.13.